The number of aromatic nitrogens is 3. The number of hydrogen-bond acceptors (Lipinski definition) is 5. The van der Waals surface area contributed by atoms with Crippen LogP contribution in [0.25, 0.3) is 11.5 Å². The summed E-state index contributed by atoms with van der Waals surface area (Å²) in [6.45, 7) is 0. The molecule has 0 aromatic carbocycles. The summed E-state index contributed by atoms with van der Waals surface area (Å²) in [6.07, 6.45) is 12.6. The Morgan fingerprint density at radius 2 is 1.93 bits per heavy atom. The maximum absolute atomic E-state index is 13.3. The standard InChI is InChI=1S/C23H29N5O/c1-28(23(13-14-23)22(29)25-16-8-3-2-4-9-16)21-17-10-7-12-18(17)26-20(27-21)19-11-5-6-15-24-19/h5-6,11,15-16H,2-4,7-10,12-14H2,1H3,(H,25,29). The Morgan fingerprint density at radius 3 is 2.66 bits per heavy atom. The molecular formula is C23H29N5O. The van der Waals surface area contributed by atoms with Gasteiger partial charge in [-0.25, -0.2) is 9.97 Å². The summed E-state index contributed by atoms with van der Waals surface area (Å²) >= 11 is 0. The SMILES string of the molecule is CN(c1nc(-c2ccccn2)nc2c1CCC2)C1(C(=O)NC2CCCCC2)CC1. The fraction of sp³-hybridized carbons (Fsp3) is 0.565. The molecule has 3 aliphatic rings. The molecule has 6 heteroatoms. The van der Waals surface area contributed by atoms with Crippen LogP contribution in [0.1, 0.15) is 62.6 Å². The van der Waals surface area contributed by atoms with Gasteiger partial charge in [0.2, 0.25) is 5.91 Å². The third-order valence-corrected chi connectivity index (χ3v) is 6.85. The van der Waals surface area contributed by atoms with Gasteiger partial charge in [0, 0.05) is 30.5 Å². The van der Waals surface area contributed by atoms with Gasteiger partial charge in [-0.3, -0.25) is 9.78 Å². The van der Waals surface area contributed by atoms with Crippen molar-refractivity contribution in [3.63, 3.8) is 0 Å². The Bertz CT molecular complexity index is 903. The van der Waals surface area contributed by atoms with Crippen molar-refractivity contribution in [3.8, 4) is 11.5 Å². The van der Waals surface area contributed by atoms with E-state index in [1.54, 1.807) is 6.20 Å². The van der Waals surface area contributed by atoms with E-state index in [4.69, 9.17) is 9.97 Å². The van der Waals surface area contributed by atoms with Crippen LogP contribution in [0.4, 0.5) is 5.82 Å². The lowest BCUT2D eigenvalue weighted by atomic mass is 9.95. The number of likely N-dealkylation sites (N-methyl/N-ethyl adjacent to an activating group) is 1. The number of anilines is 1. The molecule has 2 aromatic heterocycles. The number of amides is 1. The fourth-order valence-corrected chi connectivity index (χ4v) is 4.90. The van der Waals surface area contributed by atoms with Crippen LogP contribution in [0.5, 0.6) is 0 Å². The monoisotopic (exact) mass is 391 g/mol. The van der Waals surface area contributed by atoms with Gasteiger partial charge in [0.15, 0.2) is 5.82 Å². The summed E-state index contributed by atoms with van der Waals surface area (Å²) in [5.74, 6) is 1.76. The molecule has 0 saturated heterocycles. The highest BCUT2D eigenvalue weighted by molar-refractivity contribution is 5.93. The molecule has 5 rings (SSSR count). The minimum atomic E-state index is -0.455. The highest BCUT2D eigenvalue weighted by Gasteiger charge is 2.55. The average Bonchev–Trinajstić information content (AvgIpc) is 3.45. The van der Waals surface area contributed by atoms with Gasteiger partial charge in [-0.2, -0.15) is 0 Å². The first-order valence-corrected chi connectivity index (χ1v) is 11.0. The average molecular weight is 392 g/mol. The molecule has 0 spiro atoms. The predicted molar refractivity (Wildman–Crippen MR) is 113 cm³/mol. The second-order valence-electron chi connectivity index (χ2n) is 8.76. The molecule has 29 heavy (non-hydrogen) atoms. The number of fused-ring (bicyclic) bond motifs is 1. The van der Waals surface area contributed by atoms with Crippen LogP contribution in [0.2, 0.25) is 0 Å². The number of aryl methyl sites for hydroxylation is 1. The third kappa shape index (κ3) is 3.38. The molecule has 2 aromatic rings. The van der Waals surface area contributed by atoms with Crippen LogP contribution in [0, 0.1) is 0 Å². The Hall–Kier alpha value is -2.50. The lowest BCUT2D eigenvalue weighted by molar-refractivity contribution is -0.124. The van der Waals surface area contributed by atoms with Crippen LogP contribution >= 0.6 is 0 Å². The molecule has 152 valence electrons. The lowest BCUT2D eigenvalue weighted by Crippen LogP contribution is -2.51. The first-order valence-electron chi connectivity index (χ1n) is 11.0. The molecule has 0 radical (unpaired) electrons. The van der Waals surface area contributed by atoms with Gasteiger partial charge in [0.05, 0.1) is 0 Å². The third-order valence-electron chi connectivity index (χ3n) is 6.85. The Balaban J connectivity index is 1.45. The van der Waals surface area contributed by atoms with Gasteiger partial charge in [0.25, 0.3) is 0 Å². The molecular weight excluding hydrogens is 362 g/mol. The topological polar surface area (TPSA) is 71.0 Å². The molecule has 2 heterocycles. The van der Waals surface area contributed by atoms with E-state index in [-0.39, 0.29) is 5.91 Å². The lowest BCUT2D eigenvalue weighted by Gasteiger charge is -2.32. The van der Waals surface area contributed by atoms with Gasteiger partial charge in [0.1, 0.15) is 17.1 Å². The van der Waals surface area contributed by atoms with Crippen molar-refractivity contribution < 1.29 is 4.79 Å². The number of carbonyl (C=O) groups excluding carboxylic acids is 1. The zero-order chi connectivity index (χ0) is 19.8. The van der Waals surface area contributed by atoms with Gasteiger partial charge < -0.3 is 10.2 Å². The number of pyridine rings is 1. The maximum atomic E-state index is 13.3. The van der Waals surface area contributed by atoms with E-state index in [2.05, 4.69) is 15.2 Å². The van der Waals surface area contributed by atoms with E-state index in [1.807, 2.05) is 25.2 Å². The number of nitrogens with zero attached hydrogens (tertiary/aromatic N) is 4. The van der Waals surface area contributed by atoms with E-state index in [0.717, 1.165) is 62.2 Å². The van der Waals surface area contributed by atoms with Gasteiger partial charge in [-0.1, -0.05) is 25.3 Å². The molecule has 1 N–H and O–H groups in total. The first-order chi connectivity index (χ1) is 14.2. The predicted octanol–water partition coefficient (Wildman–Crippen LogP) is 3.45. The van der Waals surface area contributed by atoms with E-state index >= 15 is 0 Å². The zero-order valence-electron chi connectivity index (χ0n) is 17.2. The summed E-state index contributed by atoms with van der Waals surface area (Å²) in [5.41, 5.74) is 2.66. The molecule has 2 saturated carbocycles. The van der Waals surface area contributed by atoms with Crippen molar-refractivity contribution in [2.24, 2.45) is 0 Å². The molecule has 1 amide bonds. The van der Waals surface area contributed by atoms with Crippen molar-refractivity contribution in [3.05, 3.63) is 35.7 Å². The van der Waals surface area contributed by atoms with Gasteiger partial charge in [-0.15, -0.1) is 0 Å². The summed E-state index contributed by atoms with van der Waals surface area (Å²) in [4.78, 5) is 29.6. The van der Waals surface area contributed by atoms with Crippen LogP contribution < -0.4 is 10.2 Å². The molecule has 6 nitrogen and oxygen atoms in total. The molecule has 0 aliphatic heterocycles. The number of hydrogen-bond donors (Lipinski definition) is 1. The second-order valence-corrected chi connectivity index (χ2v) is 8.76. The number of nitrogens with one attached hydrogen (secondary N) is 1. The minimum absolute atomic E-state index is 0.177. The summed E-state index contributed by atoms with van der Waals surface area (Å²) < 4.78 is 0. The van der Waals surface area contributed by atoms with E-state index in [0.29, 0.717) is 11.9 Å². The van der Waals surface area contributed by atoms with Crippen molar-refractivity contribution in [1.82, 2.24) is 20.3 Å². The molecule has 0 bridgehead atoms. The maximum Gasteiger partial charge on any atom is 0.246 e. The van der Waals surface area contributed by atoms with Crippen molar-refractivity contribution >= 4 is 11.7 Å². The summed E-state index contributed by atoms with van der Waals surface area (Å²) in [5, 5.41) is 3.35. The van der Waals surface area contributed by atoms with Crippen LogP contribution in [-0.4, -0.2) is 39.5 Å². The van der Waals surface area contributed by atoms with Crippen molar-refractivity contribution in [2.45, 2.75) is 75.8 Å². The van der Waals surface area contributed by atoms with E-state index < -0.39 is 5.54 Å². The quantitative estimate of drug-likeness (QED) is 0.845. The van der Waals surface area contributed by atoms with Crippen molar-refractivity contribution in [1.29, 1.82) is 0 Å². The number of carbonyl (C=O) groups is 1. The normalized spacial score (nSPS) is 20.2. The Kier molecular flexibility index (Phi) is 4.72. The second kappa shape index (κ2) is 7.39. The highest BCUT2D eigenvalue weighted by Crippen LogP contribution is 2.45. The molecule has 0 atom stereocenters. The first kappa shape index (κ1) is 18.5. The molecule has 0 unspecified atom stereocenters. The van der Waals surface area contributed by atoms with E-state index in [1.165, 1.54) is 24.8 Å². The summed E-state index contributed by atoms with van der Waals surface area (Å²) in [6, 6.07) is 6.15. The van der Waals surface area contributed by atoms with Crippen LogP contribution in [0.3, 0.4) is 0 Å². The largest absolute Gasteiger partial charge is 0.351 e. The van der Waals surface area contributed by atoms with Gasteiger partial charge >= 0.3 is 0 Å². The zero-order valence-corrected chi connectivity index (χ0v) is 17.2. The van der Waals surface area contributed by atoms with E-state index in [9.17, 15) is 4.79 Å². The fourth-order valence-electron chi connectivity index (χ4n) is 4.90. The number of rotatable bonds is 5. The molecule has 2 fully saturated rings. The highest BCUT2D eigenvalue weighted by atomic mass is 16.2. The minimum Gasteiger partial charge on any atom is -0.351 e. The Morgan fingerprint density at radius 1 is 1.10 bits per heavy atom. The summed E-state index contributed by atoms with van der Waals surface area (Å²) in [7, 11) is 2.04. The Labute approximate surface area is 172 Å². The van der Waals surface area contributed by atoms with Crippen LogP contribution in [0.15, 0.2) is 24.4 Å². The van der Waals surface area contributed by atoms with Gasteiger partial charge in [-0.05, 0) is 57.1 Å². The smallest absolute Gasteiger partial charge is 0.246 e. The van der Waals surface area contributed by atoms with Crippen LogP contribution in [-0.2, 0) is 17.6 Å². The van der Waals surface area contributed by atoms with Crippen molar-refractivity contribution in [2.75, 3.05) is 11.9 Å². The molecule has 3 aliphatic carbocycles.